The number of rotatable bonds is 4. The fourth-order valence-corrected chi connectivity index (χ4v) is 3.90. The second-order valence-corrected chi connectivity index (χ2v) is 6.94. The molecule has 138 valence electrons. The monoisotopic (exact) mass is 363 g/mol. The molecule has 2 aromatic heterocycles. The number of pyridine rings is 1. The van der Waals surface area contributed by atoms with Crippen LogP contribution in [0.3, 0.4) is 0 Å². The summed E-state index contributed by atoms with van der Waals surface area (Å²) in [5.74, 6) is 2.91. The second kappa shape index (κ2) is 7.04. The second-order valence-electron chi connectivity index (χ2n) is 6.94. The molecule has 0 radical (unpaired) electrons. The highest BCUT2D eigenvalue weighted by Gasteiger charge is 2.31. The molecule has 0 saturated carbocycles. The average molecular weight is 363 g/mol. The van der Waals surface area contributed by atoms with Gasteiger partial charge in [-0.25, -0.2) is 4.98 Å². The summed E-state index contributed by atoms with van der Waals surface area (Å²) < 4.78 is 19.4. The molecule has 1 saturated heterocycles. The van der Waals surface area contributed by atoms with Crippen LogP contribution < -0.4 is 9.47 Å². The van der Waals surface area contributed by atoms with Gasteiger partial charge < -0.3 is 18.8 Å². The SMILES string of the molecule is c1cc(C[C@H]2COC[C@H]2n2ccnc2-c2ccc3c(c2)OCCO3)ccn1. The first-order chi connectivity index (χ1) is 13.4. The van der Waals surface area contributed by atoms with Crippen LogP contribution in [0.25, 0.3) is 11.4 Å². The van der Waals surface area contributed by atoms with E-state index >= 15 is 0 Å². The lowest BCUT2D eigenvalue weighted by molar-refractivity contribution is 0.171. The first-order valence-electron chi connectivity index (χ1n) is 9.28. The maximum Gasteiger partial charge on any atom is 0.162 e. The molecule has 2 aliphatic heterocycles. The summed E-state index contributed by atoms with van der Waals surface area (Å²) in [5, 5.41) is 0. The minimum Gasteiger partial charge on any atom is -0.486 e. The van der Waals surface area contributed by atoms with Gasteiger partial charge in [-0.05, 0) is 42.3 Å². The number of imidazole rings is 1. The van der Waals surface area contributed by atoms with Gasteiger partial charge in [-0.3, -0.25) is 4.98 Å². The third-order valence-electron chi connectivity index (χ3n) is 5.24. The van der Waals surface area contributed by atoms with E-state index in [0.717, 1.165) is 35.9 Å². The van der Waals surface area contributed by atoms with E-state index in [9.17, 15) is 0 Å². The zero-order chi connectivity index (χ0) is 18.1. The van der Waals surface area contributed by atoms with E-state index in [1.807, 2.05) is 43.0 Å². The smallest absolute Gasteiger partial charge is 0.162 e. The Balaban J connectivity index is 1.44. The van der Waals surface area contributed by atoms with Crippen LogP contribution in [0.1, 0.15) is 11.6 Å². The highest BCUT2D eigenvalue weighted by atomic mass is 16.6. The minimum atomic E-state index is 0.254. The van der Waals surface area contributed by atoms with Crippen LogP contribution in [0.2, 0.25) is 0 Å². The largest absolute Gasteiger partial charge is 0.486 e. The van der Waals surface area contributed by atoms with Crippen molar-refractivity contribution in [2.24, 2.45) is 5.92 Å². The number of nitrogens with zero attached hydrogens (tertiary/aromatic N) is 3. The molecule has 2 atom stereocenters. The van der Waals surface area contributed by atoms with Crippen LogP contribution in [0, 0.1) is 5.92 Å². The molecule has 0 unspecified atom stereocenters. The Hall–Kier alpha value is -2.86. The Labute approximate surface area is 157 Å². The van der Waals surface area contributed by atoms with Gasteiger partial charge in [0.15, 0.2) is 11.5 Å². The lowest BCUT2D eigenvalue weighted by Crippen LogP contribution is -2.20. The number of hydrogen-bond acceptors (Lipinski definition) is 5. The van der Waals surface area contributed by atoms with Gasteiger partial charge in [-0.2, -0.15) is 0 Å². The maximum atomic E-state index is 5.84. The molecule has 0 aliphatic carbocycles. The van der Waals surface area contributed by atoms with Crippen molar-refractivity contribution in [1.82, 2.24) is 14.5 Å². The predicted molar refractivity (Wildman–Crippen MR) is 99.9 cm³/mol. The van der Waals surface area contributed by atoms with Crippen molar-refractivity contribution in [3.63, 3.8) is 0 Å². The van der Waals surface area contributed by atoms with Crippen LogP contribution in [0.4, 0.5) is 0 Å². The van der Waals surface area contributed by atoms with Gasteiger partial charge in [0.1, 0.15) is 19.0 Å². The van der Waals surface area contributed by atoms with Gasteiger partial charge in [0, 0.05) is 36.3 Å². The molecule has 5 rings (SSSR count). The molecule has 0 amide bonds. The summed E-state index contributed by atoms with van der Waals surface area (Å²) in [4.78, 5) is 8.73. The minimum absolute atomic E-state index is 0.254. The number of benzene rings is 1. The van der Waals surface area contributed by atoms with E-state index in [4.69, 9.17) is 14.2 Å². The summed E-state index contributed by atoms with van der Waals surface area (Å²) in [6.07, 6.45) is 8.56. The normalized spacial score (nSPS) is 21.3. The molecule has 1 fully saturated rings. The topological polar surface area (TPSA) is 58.4 Å². The van der Waals surface area contributed by atoms with Crippen LogP contribution in [-0.2, 0) is 11.2 Å². The van der Waals surface area contributed by atoms with E-state index < -0.39 is 0 Å². The molecule has 6 heteroatoms. The summed E-state index contributed by atoms with van der Waals surface area (Å²) in [6, 6.07) is 10.4. The van der Waals surface area contributed by atoms with Gasteiger partial charge in [0.05, 0.1) is 19.3 Å². The van der Waals surface area contributed by atoms with Crippen LogP contribution in [0.15, 0.2) is 55.1 Å². The lowest BCUT2D eigenvalue weighted by Gasteiger charge is -2.22. The lowest BCUT2D eigenvalue weighted by atomic mass is 9.95. The summed E-state index contributed by atoms with van der Waals surface area (Å²) in [7, 11) is 0. The molecule has 0 spiro atoms. The Bertz CT molecular complexity index is 925. The molecule has 27 heavy (non-hydrogen) atoms. The van der Waals surface area contributed by atoms with E-state index in [-0.39, 0.29) is 6.04 Å². The molecule has 2 aliphatic rings. The Morgan fingerprint density at radius 3 is 2.70 bits per heavy atom. The molecule has 1 aromatic carbocycles. The average Bonchev–Trinajstić information content (AvgIpc) is 3.37. The van der Waals surface area contributed by atoms with E-state index in [1.54, 1.807) is 0 Å². The standard InChI is InChI=1S/C21H21N3O3/c1-2-19-20(27-10-9-26-19)12-16(1)21-23-7-8-24(21)18-14-25-13-17(18)11-15-3-5-22-6-4-15/h1-8,12,17-18H,9-11,13-14H2/t17-,18+/m0/s1. The Morgan fingerprint density at radius 2 is 1.81 bits per heavy atom. The zero-order valence-corrected chi connectivity index (χ0v) is 15.0. The van der Waals surface area contributed by atoms with Gasteiger partial charge in [0.2, 0.25) is 0 Å². The van der Waals surface area contributed by atoms with Gasteiger partial charge in [-0.15, -0.1) is 0 Å². The Morgan fingerprint density at radius 1 is 0.963 bits per heavy atom. The van der Waals surface area contributed by atoms with Crippen molar-refractivity contribution >= 4 is 0 Å². The predicted octanol–water partition coefficient (Wildman–Crippen LogP) is 3.15. The van der Waals surface area contributed by atoms with Crippen LogP contribution in [-0.4, -0.2) is 41.0 Å². The molecule has 4 heterocycles. The first-order valence-corrected chi connectivity index (χ1v) is 9.28. The van der Waals surface area contributed by atoms with E-state index in [0.29, 0.717) is 25.7 Å². The van der Waals surface area contributed by atoms with Gasteiger partial charge in [0.25, 0.3) is 0 Å². The fourth-order valence-electron chi connectivity index (χ4n) is 3.90. The number of hydrogen-bond donors (Lipinski definition) is 0. The third-order valence-corrected chi connectivity index (χ3v) is 5.24. The summed E-state index contributed by atoms with van der Waals surface area (Å²) >= 11 is 0. The Kier molecular flexibility index (Phi) is 4.26. The van der Waals surface area contributed by atoms with E-state index in [1.165, 1.54) is 5.56 Å². The summed E-state index contributed by atoms with van der Waals surface area (Å²) in [6.45, 7) is 2.63. The zero-order valence-electron chi connectivity index (χ0n) is 15.0. The van der Waals surface area contributed by atoms with Crippen molar-refractivity contribution in [3.8, 4) is 22.9 Å². The molecular formula is C21H21N3O3. The number of aromatic nitrogens is 3. The van der Waals surface area contributed by atoms with Gasteiger partial charge >= 0.3 is 0 Å². The molecular weight excluding hydrogens is 342 g/mol. The molecule has 6 nitrogen and oxygen atoms in total. The molecule has 0 N–H and O–H groups in total. The highest BCUT2D eigenvalue weighted by molar-refractivity contribution is 5.62. The van der Waals surface area contributed by atoms with E-state index in [2.05, 4.69) is 26.7 Å². The molecule has 0 bridgehead atoms. The first kappa shape index (κ1) is 16.3. The van der Waals surface area contributed by atoms with Crippen molar-refractivity contribution in [1.29, 1.82) is 0 Å². The van der Waals surface area contributed by atoms with Gasteiger partial charge in [-0.1, -0.05) is 0 Å². The van der Waals surface area contributed by atoms with Crippen LogP contribution >= 0.6 is 0 Å². The number of fused-ring (bicyclic) bond motifs is 1. The van der Waals surface area contributed by atoms with Crippen molar-refractivity contribution in [2.45, 2.75) is 12.5 Å². The number of ether oxygens (including phenoxy) is 3. The fraction of sp³-hybridized carbons (Fsp3) is 0.333. The quantitative estimate of drug-likeness (QED) is 0.713. The van der Waals surface area contributed by atoms with Crippen molar-refractivity contribution in [3.05, 3.63) is 60.7 Å². The van der Waals surface area contributed by atoms with Crippen molar-refractivity contribution < 1.29 is 14.2 Å². The highest BCUT2D eigenvalue weighted by Crippen LogP contribution is 2.37. The molecule has 3 aromatic rings. The summed E-state index contributed by atoms with van der Waals surface area (Å²) in [5.41, 5.74) is 2.31. The van der Waals surface area contributed by atoms with Crippen molar-refractivity contribution in [2.75, 3.05) is 26.4 Å². The third kappa shape index (κ3) is 3.17. The maximum absolute atomic E-state index is 5.84. The van der Waals surface area contributed by atoms with Crippen LogP contribution in [0.5, 0.6) is 11.5 Å².